The Bertz CT molecular complexity index is 146. The van der Waals surface area contributed by atoms with Crippen LogP contribution in [0.3, 0.4) is 0 Å². The fraction of sp³-hybridized carbons (Fsp3) is 0.875. The van der Waals surface area contributed by atoms with Gasteiger partial charge < -0.3 is 15.8 Å². The Kier molecular flexibility index (Phi) is 4.04. The summed E-state index contributed by atoms with van der Waals surface area (Å²) in [7, 11) is 0. The van der Waals surface area contributed by atoms with Gasteiger partial charge in [-0.3, -0.25) is 4.79 Å². The number of ether oxygens (including phenoxy) is 1. The molecule has 0 unspecified atom stereocenters. The fourth-order valence-electron chi connectivity index (χ4n) is 1.05. The van der Waals surface area contributed by atoms with E-state index in [1.54, 1.807) is 0 Å². The molecule has 1 aliphatic rings. The van der Waals surface area contributed by atoms with Gasteiger partial charge in [-0.1, -0.05) is 0 Å². The summed E-state index contributed by atoms with van der Waals surface area (Å²) in [6, 6.07) is 0.260. The standard InChI is InChI=1S/C8H16N2O2/c9-4-2-1-3-8(11)10-7-5-12-6-7/h7H,1-6,9H2,(H,10,11). The van der Waals surface area contributed by atoms with Gasteiger partial charge in [0.2, 0.25) is 5.91 Å². The number of nitrogens with two attached hydrogens (primary N) is 1. The fourth-order valence-corrected chi connectivity index (χ4v) is 1.05. The van der Waals surface area contributed by atoms with Gasteiger partial charge in [-0.05, 0) is 19.4 Å². The Balaban J connectivity index is 1.95. The maximum absolute atomic E-state index is 11.1. The van der Waals surface area contributed by atoms with Crippen molar-refractivity contribution in [2.75, 3.05) is 19.8 Å². The summed E-state index contributed by atoms with van der Waals surface area (Å²) >= 11 is 0. The van der Waals surface area contributed by atoms with E-state index in [4.69, 9.17) is 10.5 Å². The first-order chi connectivity index (χ1) is 5.83. The summed E-state index contributed by atoms with van der Waals surface area (Å²) in [6.45, 7) is 2.01. The molecule has 4 heteroatoms. The van der Waals surface area contributed by atoms with E-state index in [9.17, 15) is 4.79 Å². The molecule has 0 aromatic carbocycles. The second kappa shape index (κ2) is 5.11. The lowest BCUT2D eigenvalue weighted by molar-refractivity contribution is -0.125. The summed E-state index contributed by atoms with van der Waals surface area (Å²) < 4.78 is 4.93. The second-order valence-electron chi connectivity index (χ2n) is 3.05. The van der Waals surface area contributed by atoms with Crippen LogP contribution in [-0.4, -0.2) is 31.7 Å². The number of rotatable bonds is 5. The first-order valence-electron chi connectivity index (χ1n) is 4.40. The van der Waals surface area contributed by atoms with Crippen molar-refractivity contribution in [2.24, 2.45) is 5.73 Å². The van der Waals surface area contributed by atoms with Crippen molar-refractivity contribution >= 4 is 5.91 Å². The molecule has 70 valence electrons. The molecule has 1 aliphatic heterocycles. The van der Waals surface area contributed by atoms with Gasteiger partial charge in [-0.25, -0.2) is 0 Å². The number of carbonyl (C=O) groups is 1. The minimum absolute atomic E-state index is 0.122. The summed E-state index contributed by atoms with van der Waals surface area (Å²) in [6.07, 6.45) is 2.40. The van der Waals surface area contributed by atoms with Crippen LogP contribution in [0.4, 0.5) is 0 Å². The van der Waals surface area contributed by atoms with Gasteiger partial charge in [-0.15, -0.1) is 0 Å². The van der Waals surface area contributed by atoms with Crippen molar-refractivity contribution < 1.29 is 9.53 Å². The monoisotopic (exact) mass is 172 g/mol. The highest BCUT2D eigenvalue weighted by Gasteiger charge is 2.19. The van der Waals surface area contributed by atoms with Gasteiger partial charge in [-0.2, -0.15) is 0 Å². The Labute approximate surface area is 72.5 Å². The average molecular weight is 172 g/mol. The maximum Gasteiger partial charge on any atom is 0.220 e. The quantitative estimate of drug-likeness (QED) is 0.556. The molecule has 4 nitrogen and oxygen atoms in total. The summed E-state index contributed by atoms with van der Waals surface area (Å²) in [4.78, 5) is 11.1. The number of hydrogen-bond acceptors (Lipinski definition) is 3. The maximum atomic E-state index is 11.1. The largest absolute Gasteiger partial charge is 0.377 e. The van der Waals surface area contributed by atoms with E-state index in [0.29, 0.717) is 26.2 Å². The minimum Gasteiger partial charge on any atom is -0.377 e. The van der Waals surface area contributed by atoms with E-state index < -0.39 is 0 Å². The number of hydrogen-bond donors (Lipinski definition) is 2. The molecule has 1 heterocycles. The smallest absolute Gasteiger partial charge is 0.220 e. The van der Waals surface area contributed by atoms with Crippen LogP contribution in [0.25, 0.3) is 0 Å². The zero-order valence-corrected chi connectivity index (χ0v) is 7.21. The van der Waals surface area contributed by atoms with Gasteiger partial charge in [0.1, 0.15) is 0 Å². The van der Waals surface area contributed by atoms with E-state index >= 15 is 0 Å². The number of nitrogens with one attached hydrogen (secondary N) is 1. The lowest BCUT2D eigenvalue weighted by atomic mass is 10.2. The first-order valence-corrected chi connectivity index (χ1v) is 4.40. The third kappa shape index (κ3) is 3.19. The molecule has 3 N–H and O–H groups in total. The predicted octanol–water partition coefficient (Wildman–Crippen LogP) is -0.370. The minimum atomic E-state index is 0.122. The summed E-state index contributed by atoms with van der Waals surface area (Å²) in [5.74, 6) is 0.122. The molecule has 1 amide bonds. The highest BCUT2D eigenvalue weighted by atomic mass is 16.5. The Morgan fingerprint density at radius 1 is 1.50 bits per heavy atom. The van der Waals surface area contributed by atoms with E-state index in [1.165, 1.54) is 0 Å². The second-order valence-corrected chi connectivity index (χ2v) is 3.05. The third-order valence-electron chi connectivity index (χ3n) is 1.86. The van der Waals surface area contributed by atoms with Crippen LogP contribution in [0.2, 0.25) is 0 Å². The van der Waals surface area contributed by atoms with Crippen molar-refractivity contribution in [3.05, 3.63) is 0 Å². The topological polar surface area (TPSA) is 64.4 Å². The molecular formula is C8H16N2O2. The van der Waals surface area contributed by atoms with Crippen molar-refractivity contribution in [1.82, 2.24) is 5.32 Å². The Morgan fingerprint density at radius 2 is 2.25 bits per heavy atom. The first kappa shape index (κ1) is 9.48. The molecule has 0 spiro atoms. The van der Waals surface area contributed by atoms with Crippen LogP contribution in [0, 0.1) is 0 Å². The molecule has 0 atom stereocenters. The van der Waals surface area contributed by atoms with Gasteiger partial charge >= 0.3 is 0 Å². The van der Waals surface area contributed by atoms with Gasteiger partial charge in [0.25, 0.3) is 0 Å². The molecule has 0 saturated carbocycles. The van der Waals surface area contributed by atoms with Gasteiger partial charge in [0, 0.05) is 6.42 Å². The van der Waals surface area contributed by atoms with Crippen LogP contribution in [0.1, 0.15) is 19.3 Å². The molecule has 0 aromatic heterocycles. The molecule has 12 heavy (non-hydrogen) atoms. The van der Waals surface area contributed by atoms with Crippen LogP contribution in [0.15, 0.2) is 0 Å². The van der Waals surface area contributed by atoms with Crippen LogP contribution < -0.4 is 11.1 Å². The van der Waals surface area contributed by atoms with Gasteiger partial charge in [0.15, 0.2) is 0 Å². The normalized spacial score (nSPS) is 17.1. The Hall–Kier alpha value is -0.610. The molecule has 1 fully saturated rings. The number of amides is 1. The van der Waals surface area contributed by atoms with Crippen molar-refractivity contribution in [2.45, 2.75) is 25.3 Å². The lowest BCUT2D eigenvalue weighted by Crippen LogP contribution is -2.48. The molecule has 0 bridgehead atoms. The molecule has 1 rings (SSSR count). The van der Waals surface area contributed by atoms with E-state index in [1.807, 2.05) is 0 Å². The summed E-state index contributed by atoms with van der Waals surface area (Å²) in [5.41, 5.74) is 5.30. The predicted molar refractivity (Wildman–Crippen MR) is 45.7 cm³/mol. The van der Waals surface area contributed by atoms with Crippen LogP contribution in [-0.2, 0) is 9.53 Å². The molecule has 0 aliphatic carbocycles. The average Bonchev–Trinajstić information content (AvgIpc) is 1.98. The van der Waals surface area contributed by atoms with Crippen molar-refractivity contribution in [3.8, 4) is 0 Å². The van der Waals surface area contributed by atoms with Crippen molar-refractivity contribution in [3.63, 3.8) is 0 Å². The highest BCUT2D eigenvalue weighted by Crippen LogP contribution is 2.01. The molecule has 1 saturated heterocycles. The molecular weight excluding hydrogens is 156 g/mol. The Morgan fingerprint density at radius 3 is 2.75 bits per heavy atom. The van der Waals surface area contributed by atoms with Crippen LogP contribution in [0.5, 0.6) is 0 Å². The van der Waals surface area contributed by atoms with E-state index in [0.717, 1.165) is 12.8 Å². The SMILES string of the molecule is NCCCCC(=O)NC1COC1. The van der Waals surface area contributed by atoms with E-state index in [2.05, 4.69) is 5.32 Å². The number of carbonyl (C=O) groups excluding carboxylic acids is 1. The highest BCUT2D eigenvalue weighted by molar-refractivity contribution is 5.76. The lowest BCUT2D eigenvalue weighted by Gasteiger charge is -2.26. The van der Waals surface area contributed by atoms with Crippen molar-refractivity contribution in [1.29, 1.82) is 0 Å². The van der Waals surface area contributed by atoms with Crippen LogP contribution >= 0.6 is 0 Å². The summed E-state index contributed by atoms with van der Waals surface area (Å²) in [5, 5.41) is 2.87. The molecule has 0 radical (unpaired) electrons. The zero-order valence-electron chi connectivity index (χ0n) is 7.21. The number of unbranched alkanes of at least 4 members (excludes halogenated alkanes) is 1. The molecule has 0 aromatic rings. The third-order valence-corrected chi connectivity index (χ3v) is 1.86. The van der Waals surface area contributed by atoms with Gasteiger partial charge in [0.05, 0.1) is 19.3 Å². The zero-order chi connectivity index (χ0) is 8.81. The van der Waals surface area contributed by atoms with E-state index in [-0.39, 0.29) is 11.9 Å².